The standard InChI is InChI=1S/C11H23N.H3N/c1-3-12(4-2)10-6-9-11-7-5-8-11;/h11H,3-10H2,1-2H3;1H3. The van der Waals surface area contributed by atoms with Crippen LogP contribution in [0.4, 0.5) is 0 Å². The minimum absolute atomic E-state index is 0. The maximum Gasteiger partial charge on any atom is -0.00189 e. The molecule has 1 fully saturated rings. The third-order valence-corrected chi connectivity index (χ3v) is 3.21. The van der Waals surface area contributed by atoms with E-state index in [0.717, 1.165) is 5.92 Å². The summed E-state index contributed by atoms with van der Waals surface area (Å²) < 4.78 is 0. The van der Waals surface area contributed by atoms with Crippen molar-refractivity contribution in [2.24, 2.45) is 5.92 Å². The van der Waals surface area contributed by atoms with E-state index in [4.69, 9.17) is 0 Å². The lowest BCUT2D eigenvalue weighted by atomic mass is 9.82. The first-order chi connectivity index (χ1) is 5.86. The second-order valence-electron chi connectivity index (χ2n) is 3.97. The van der Waals surface area contributed by atoms with E-state index in [9.17, 15) is 0 Å². The molecule has 13 heavy (non-hydrogen) atoms. The number of hydrogen-bond donors (Lipinski definition) is 1. The summed E-state index contributed by atoms with van der Waals surface area (Å²) in [5.41, 5.74) is 0. The Morgan fingerprint density at radius 2 is 1.77 bits per heavy atom. The normalized spacial score (nSPS) is 16.8. The predicted molar refractivity (Wildman–Crippen MR) is 59.4 cm³/mol. The van der Waals surface area contributed by atoms with Gasteiger partial charge in [-0.25, -0.2) is 0 Å². The Morgan fingerprint density at radius 3 is 2.15 bits per heavy atom. The highest BCUT2D eigenvalue weighted by molar-refractivity contribution is 4.69. The summed E-state index contributed by atoms with van der Waals surface area (Å²) >= 11 is 0. The Kier molecular flexibility index (Phi) is 7.29. The fraction of sp³-hybridized carbons (Fsp3) is 1.00. The van der Waals surface area contributed by atoms with E-state index >= 15 is 0 Å². The highest BCUT2D eigenvalue weighted by atomic mass is 15.1. The van der Waals surface area contributed by atoms with Crippen LogP contribution in [0.15, 0.2) is 0 Å². The van der Waals surface area contributed by atoms with Gasteiger partial charge in [-0.1, -0.05) is 33.1 Å². The summed E-state index contributed by atoms with van der Waals surface area (Å²) in [6, 6.07) is 0. The lowest BCUT2D eigenvalue weighted by Crippen LogP contribution is -2.25. The maximum atomic E-state index is 2.53. The second kappa shape index (κ2) is 7.34. The molecule has 0 bridgehead atoms. The van der Waals surface area contributed by atoms with Gasteiger partial charge in [0.2, 0.25) is 0 Å². The van der Waals surface area contributed by atoms with E-state index < -0.39 is 0 Å². The fourth-order valence-electron chi connectivity index (χ4n) is 1.92. The fourth-order valence-corrected chi connectivity index (χ4v) is 1.92. The van der Waals surface area contributed by atoms with Crippen LogP contribution < -0.4 is 6.15 Å². The van der Waals surface area contributed by atoms with Gasteiger partial charge in [-0.05, 0) is 38.4 Å². The van der Waals surface area contributed by atoms with Gasteiger partial charge in [-0.15, -0.1) is 0 Å². The van der Waals surface area contributed by atoms with E-state index in [1.165, 1.54) is 51.7 Å². The smallest absolute Gasteiger partial charge is 0.00189 e. The first-order valence-corrected chi connectivity index (χ1v) is 5.59. The predicted octanol–water partition coefficient (Wildman–Crippen LogP) is 3.07. The van der Waals surface area contributed by atoms with Crippen molar-refractivity contribution in [2.75, 3.05) is 19.6 Å². The molecular weight excluding hydrogens is 160 g/mol. The second-order valence-corrected chi connectivity index (χ2v) is 3.97. The molecule has 2 heteroatoms. The van der Waals surface area contributed by atoms with Gasteiger partial charge < -0.3 is 11.1 Å². The Labute approximate surface area is 83.3 Å². The van der Waals surface area contributed by atoms with Crippen LogP contribution in [0.5, 0.6) is 0 Å². The molecule has 1 saturated carbocycles. The largest absolute Gasteiger partial charge is 0.344 e. The van der Waals surface area contributed by atoms with Crippen molar-refractivity contribution in [3.8, 4) is 0 Å². The van der Waals surface area contributed by atoms with Crippen molar-refractivity contribution in [1.29, 1.82) is 0 Å². The average molecular weight is 186 g/mol. The Balaban J connectivity index is 0.00000144. The van der Waals surface area contributed by atoms with Gasteiger partial charge in [0.05, 0.1) is 0 Å². The van der Waals surface area contributed by atoms with Gasteiger partial charge in [-0.3, -0.25) is 0 Å². The monoisotopic (exact) mass is 186 g/mol. The molecule has 0 heterocycles. The zero-order valence-electron chi connectivity index (χ0n) is 9.39. The van der Waals surface area contributed by atoms with Gasteiger partial charge in [0.25, 0.3) is 0 Å². The summed E-state index contributed by atoms with van der Waals surface area (Å²) in [5.74, 6) is 1.10. The van der Waals surface area contributed by atoms with Crippen molar-refractivity contribution in [1.82, 2.24) is 11.1 Å². The molecule has 0 spiro atoms. The molecule has 0 unspecified atom stereocenters. The third kappa shape index (κ3) is 4.63. The molecule has 0 amide bonds. The minimum Gasteiger partial charge on any atom is -0.344 e. The van der Waals surface area contributed by atoms with Gasteiger partial charge in [0.15, 0.2) is 0 Å². The van der Waals surface area contributed by atoms with E-state index in [2.05, 4.69) is 18.7 Å². The molecule has 0 aliphatic heterocycles. The molecule has 0 aromatic carbocycles. The zero-order chi connectivity index (χ0) is 8.81. The lowest BCUT2D eigenvalue weighted by Gasteiger charge is -2.26. The highest BCUT2D eigenvalue weighted by Crippen LogP contribution is 2.30. The number of hydrogen-bond acceptors (Lipinski definition) is 2. The van der Waals surface area contributed by atoms with Crippen LogP contribution in [-0.2, 0) is 0 Å². The van der Waals surface area contributed by atoms with Gasteiger partial charge in [0.1, 0.15) is 0 Å². The molecule has 0 aromatic rings. The number of rotatable bonds is 6. The third-order valence-electron chi connectivity index (χ3n) is 3.21. The van der Waals surface area contributed by atoms with Gasteiger partial charge >= 0.3 is 0 Å². The summed E-state index contributed by atoms with van der Waals surface area (Å²) in [4.78, 5) is 2.53. The molecule has 0 aromatic heterocycles. The topological polar surface area (TPSA) is 38.2 Å². The van der Waals surface area contributed by atoms with Crippen molar-refractivity contribution in [3.63, 3.8) is 0 Å². The van der Waals surface area contributed by atoms with Gasteiger partial charge in [-0.2, -0.15) is 0 Å². The molecule has 80 valence electrons. The van der Waals surface area contributed by atoms with Crippen LogP contribution in [0.3, 0.4) is 0 Å². The molecule has 1 aliphatic rings. The summed E-state index contributed by atoms with van der Waals surface area (Å²) in [6.45, 7) is 8.28. The van der Waals surface area contributed by atoms with E-state index in [0.29, 0.717) is 0 Å². The Bertz CT molecular complexity index is 107. The lowest BCUT2D eigenvalue weighted by molar-refractivity contribution is 0.248. The van der Waals surface area contributed by atoms with Crippen LogP contribution in [0.25, 0.3) is 0 Å². The number of nitrogens with zero attached hydrogens (tertiary/aromatic N) is 1. The van der Waals surface area contributed by atoms with Crippen LogP contribution in [0, 0.1) is 5.92 Å². The minimum atomic E-state index is 0. The van der Waals surface area contributed by atoms with Crippen molar-refractivity contribution in [3.05, 3.63) is 0 Å². The zero-order valence-corrected chi connectivity index (χ0v) is 9.39. The molecule has 0 saturated heterocycles. The highest BCUT2D eigenvalue weighted by Gasteiger charge is 2.16. The molecule has 0 radical (unpaired) electrons. The first kappa shape index (κ1) is 12.9. The van der Waals surface area contributed by atoms with Crippen LogP contribution in [0.1, 0.15) is 46.0 Å². The molecule has 0 atom stereocenters. The summed E-state index contributed by atoms with van der Waals surface area (Å²) in [5, 5.41) is 0. The Morgan fingerprint density at radius 1 is 1.15 bits per heavy atom. The maximum absolute atomic E-state index is 2.53. The van der Waals surface area contributed by atoms with Gasteiger partial charge in [0, 0.05) is 0 Å². The Hall–Kier alpha value is -0.0800. The molecule has 3 N–H and O–H groups in total. The first-order valence-electron chi connectivity index (χ1n) is 5.59. The molecule has 1 aliphatic carbocycles. The van der Waals surface area contributed by atoms with Crippen LogP contribution >= 0.6 is 0 Å². The van der Waals surface area contributed by atoms with E-state index in [-0.39, 0.29) is 6.15 Å². The quantitative estimate of drug-likeness (QED) is 0.692. The van der Waals surface area contributed by atoms with Crippen molar-refractivity contribution >= 4 is 0 Å². The van der Waals surface area contributed by atoms with Crippen molar-refractivity contribution < 1.29 is 0 Å². The molecule has 1 rings (SSSR count). The molecular formula is C11H26N2. The summed E-state index contributed by atoms with van der Waals surface area (Å²) in [6.07, 6.45) is 7.43. The molecule has 2 nitrogen and oxygen atoms in total. The van der Waals surface area contributed by atoms with Crippen LogP contribution in [-0.4, -0.2) is 24.5 Å². The van der Waals surface area contributed by atoms with Crippen molar-refractivity contribution in [2.45, 2.75) is 46.0 Å². The average Bonchev–Trinajstić information content (AvgIpc) is 2.02. The van der Waals surface area contributed by atoms with Crippen LogP contribution in [0.2, 0.25) is 0 Å². The van der Waals surface area contributed by atoms with E-state index in [1.54, 1.807) is 0 Å². The SMILES string of the molecule is CCN(CC)CCCC1CCC1.N. The van der Waals surface area contributed by atoms with E-state index in [1.807, 2.05) is 0 Å². The summed E-state index contributed by atoms with van der Waals surface area (Å²) in [7, 11) is 0.